The molecule has 2 rings (SSSR count). The topological polar surface area (TPSA) is 15.3 Å². The quantitative estimate of drug-likeness (QED) is 0.798. The van der Waals surface area contributed by atoms with Crippen LogP contribution in [0.2, 0.25) is 0 Å². The number of nitrogens with zero attached hydrogens (tertiary/aromatic N) is 1. The van der Waals surface area contributed by atoms with Gasteiger partial charge >= 0.3 is 0 Å². The summed E-state index contributed by atoms with van der Waals surface area (Å²) < 4.78 is 26.2. The summed E-state index contributed by atoms with van der Waals surface area (Å²) in [5.41, 5.74) is 0.665. The Morgan fingerprint density at radius 3 is 2.42 bits per heavy atom. The summed E-state index contributed by atoms with van der Waals surface area (Å²) in [5.74, 6) is -1.03. The van der Waals surface area contributed by atoms with Crippen LogP contribution >= 0.6 is 0 Å². The molecule has 1 saturated heterocycles. The monoisotopic (exact) mass is 268 g/mol. The lowest BCUT2D eigenvalue weighted by Gasteiger charge is -2.17. The lowest BCUT2D eigenvalue weighted by atomic mass is 10.1. The number of halogens is 2. The van der Waals surface area contributed by atoms with Gasteiger partial charge in [0.1, 0.15) is 11.6 Å². The minimum absolute atomic E-state index is 0.0243. The van der Waals surface area contributed by atoms with Crippen LogP contribution < -0.4 is 5.32 Å². The highest BCUT2D eigenvalue weighted by atomic mass is 19.1. The normalized spacial score (nSPS) is 17.8. The number of benzene rings is 1. The van der Waals surface area contributed by atoms with Gasteiger partial charge in [-0.1, -0.05) is 0 Å². The molecule has 0 aliphatic carbocycles. The highest BCUT2D eigenvalue weighted by Gasteiger charge is 2.11. The van der Waals surface area contributed by atoms with Gasteiger partial charge in [-0.15, -0.1) is 0 Å². The van der Waals surface area contributed by atoms with E-state index < -0.39 is 11.6 Å². The third-order valence-corrected chi connectivity index (χ3v) is 3.69. The molecular weight excluding hydrogens is 246 g/mol. The molecular formula is C15H22F2N2. The van der Waals surface area contributed by atoms with Crippen LogP contribution in [0.1, 0.15) is 37.8 Å². The Bertz CT molecular complexity index is 383. The van der Waals surface area contributed by atoms with E-state index in [9.17, 15) is 8.78 Å². The molecule has 1 N–H and O–H groups in total. The Morgan fingerprint density at radius 2 is 1.79 bits per heavy atom. The average Bonchev–Trinajstić information content (AvgIpc) is 2.86. The van der Waals surface area contributed by atoms with E-state index in [1.165, 1.54) is 38.1 Å². The predicted octanol–water partition coefficient (Wildman–Crippen LogP) is 3.10. The van der Waals surface area contributed by atoms with Crippen LogP contribution in [0.25, 0.3) is 0 Å². The van der Waals surface area contributed by atoms with Crippen molar-refractivity contribution < 1.29 is 8.78 Å². The number of nitrogens with one attached hydrogen (secondary N) is 1. The van der Waals surface area contributed by atoms with E-state index in [1.54, 1.807) is 0 Å². The number of hydrogen-bond acceptors (Lipinski definition) is 2. The molecule has 4 heteroatoms. The van der Waals surface area contributed by atoms with Gasteiger partial charge < -0.3 is 10.2 Å². The Kier molecular flexibility index (Phi) is 5.28. The van der Waals surface area contributed by atoms with Crippen molar-refractivity contribution in [1.82, 2.24) is 10.2 Å². The van der Waals surface area contributed by atoms with Gasteiger partial charge in [0.2, 0.25) is 0 Å². The molecule has 106 valence electrons. The highest BCUT2D eigenvalue weighted by Crippen LogP contribution is 2.16. The van der Waals surface area contributed by atoms with Crippen molar-refractivity contribution in [2.45, 2.75) is 32.2 Å². The van der Waals surface area contributed by atoms with Gasteiger partial charge in [-0.25, -0.2) is 8.78 Å². The zero-order valence-electron chi connectivity index (χ0n) is 11.5. The summed E-state index contributed by atoms with van der Waals surface area (Å²) in [4.78, 5) is 2.47. The Morgan fingerprint density at radius 1 is 1.16 bits per heavy atom. The maximum atomic E-state index is 13.1. The van der Waals surface area contributed by atoms with Crippen LogP contribution in [0.5, 0.6) is 0 Å². The molecule has 19 heavy (non-hydrogen) atoms. The van der Waals surface area contributed by atoms with E-state index in [1.807, 2.05) is 6.92 Å². The average molecular weight is 268 g/mol. The summed E-state index contributed by atoms with van der Waals surface area (Å²) in [5, 5.41) is 3.32. The standard InChI is InChI=1S/C15H22F2N2/c1-12(13-9-14(16)11-15(17)10-13)18-5-4-8-19-6-2-3-7-19/h9-12,18H,2-8H2,1H3. The van der Waals surface area contributed by atoms with Crippen LogP contribution in [0.4, 0.5) is 8.78 Å². The summed E-state index contributed by atoms with van der Waals surface area (Å²) in [6.45, 7) is 6.34. The maximum Gasteiger partial charge on any atom is 0.126 e. The first-order valence-corrected chi connectivity index (χ1v) is 7.07. The Balaban J connectivity index is 1.72. The molecule has 1 aliphatic rings. The minimum Gasteiger partial charge on any atom is -0.310 e. The van der Waals surface area contributed by atoms with Gasteiger partial charge in [0.15, 0.2) is 0 Å². The molecule has 0 amide bonds. The van der Waals surface area contributed by atoms with E-state index in [-0.39, 0.29) is 6.04 Å². The Labute approximate surface area is 113 Å². The molecule has 0 saturated carbocycles. The fourth-order valence-corrected chi connectivity index (χ4v) is 2.57. The summed E-state index contributed by atoms with van der Waals surface area (Å²) in [6.07, 6.45) is 3.70. The fraction of sp³-hybridized carbons (Fsp3) is 0.600. The van der Waals surface area contributed by atoms with Gasteiger partial charge in [-0.3, -0.25) is 0 Å². The molecule has 2 nitrogen and oxygen atoms in total. The van der Waals surface area contributed by atoms with Crippen molar-refractivity contribution in [3.63, 3.8) is 0 Å². The first-order chi connectivity index (χ1) is 9.15. The number of hydrogen-bond donors (Lipinski definition) is 1. The zero-order chi connectivity index (χ0) is 13.7. The minimum atomic E-state index is -0.513. The third-order valence-electron chi connectivity index (χ3n) is 3.69. The maximum absolute atomic E-state index is 13.1. The van der Waals surface area contributed by atoms with Gasteiger partial charge in [0, 0.05) is 12.1 Å². The molecule has 0 aromatic heterocycles. The van der Waals surface area contributed by atoms with Gasteiger partial charge in [0.25, 0.3) is 0 Å². The predicted molar refractivity (Wildman–Crippen MR) is 73.1 cm³/mol. The summed E-state index contributed by atoms with van der Waals surface area (Å²) >= 11 is 0. The lowest BCUT2D eigenvalue weighted by Crippen LogP contribution is -2.26. The van der Waals surface area contributed by atoms with Gasteiger partial charge in [-0.05, 0) is 70.1 Å². The van der Waals surface area contributed by atoms with Crippen molar-refractivity contribution in [2.75, 3.05) is 26.2 Å². The van der Waals surface area contributed by atoms with Gasteiger partial charge in [-0.2, -0.15) is 0 Å². The smallest absolute Gasteiger partial charge is 0.126 e. The van der Waals surface area contributed by atoms with Crippen LogP contribution in [-0.2, 0) is 0 Å². The first-order valence-electron chi connectivity index (χ1n) is 7.07. The highest BCUT2D eigenvalue weighted by molar-refractivity contribution is 5.20. The molecule has 1 atom stereocenters. The van der Waals surface area contributed by atoms with E-state index >= 15 is 0 Å². The largest absolute Gasteiger partial charge is 0.310 e. The second-order valence-electron chi connectivity index (χ2n) is 5.28. The van der Waals surface area contributed by atoms with E-state index in [0.717, 1.165) is 25.6 Å². The molecule has 1 aliphatic heterocycles. The van der Waals surface area contributed by atoms with Crippen molar-refractivity contribution in [3.8, 4) is 0 Å². The van der Waals surface area contributed by atoms with Gasteiger partial charge in [0.05, 0.1) is 0 Å². The lowest BCUT2D eigenvalue weighted by molar-refractivity contribution is 0.328. The first kappa shape index (κ1) is 14.4. The van der Waals surface area contributed by atoms with Crippen LogP contribution in [0, 0.1) is 11.6 Å². The Hall–Kier alpha value is -1.00. The number of likely N-dealkylation sites (tertiary alicyclic amines) is 1. The summed E-state index contributed by atoms with van der Waals surface area (Å²) in [7, 11) is 0. The third kappa shape index (κ3) is 4.55. The second kappa shape index (κ2) is 6.96. The van der Waals surface area contributed by atoms with Crippen molar-refractivity contribution >= 4 is 0 Å². The molecule has 1 fully saturated rings. The molecule has 1 aromatic carbocycles. The molecule has 1 heterocycles. The van der Waals surface area contributed by atoms with Crippen LogP contribution in [0.15, 0.2) is 18.2 Å². The molecule has 0 spiro atoms. The number of rotatable bonds is 6. The van der Waals surface area contributed by atoms with Crippen LogP contribution in [-0.4, -0.2) is 31.1 Å². The molecule has 0 radical (unpaired) electrons. The van der Waals surface area contributed by atoms with Crippen molar-refractivity contribution in [2.24, 2.45) is 0 Å². The molecule has 1 unspecified atom stereocenters. The van der Waals surface area contributed by atoms with E-state index in [4.69, 9.17) is 0 Å². The zero-order valence-corrected chi connectivity index (χ0v) is 11.5. The van der Waals surface area contributed by atoms with Crippen molar-refractivity contribution in [3.05, 3.63) is 35.4 Å². The summed E-state index contributed by atoms with van der Waals surface area (Å²) in [6, 6.07) is 3.66. The molecule has 0 bridgehead atoms. The van der Waals surface area contributed by atoms with E-state index in [2.05, 4.69) is 10.2 Å². The van der Waals surface area contributed by atoms with Crippen LogP contribution in [0.3, 0.4) is 0 Å². The van der Waals surface area contributed by atoms with E-state index in [0.29, 0.717) is 5.56 Å². The van der Waals surface area contributed by atoms with Crippen molar-refractivity contribution in [1.29, 1.82) is 0 Å². The second-order valence-corrected chi connectivity index (χ2v) is 5.28. The fourth-order valence-electron chi connectivity index (χ4n) is 2.57. The molecule has 1 aromatic rings. The SMILES string of the molecule is CC(NCCCN1CCCC1)c1cc(F)cc(F)c1.